The summed E-state index contributed by atoms with van der Waals surface area (Å²) in [5.74, 6) is -0.180. The molecule has 7 nitrogen and oxygen atoms in total. The van der Waals surface area contributed by atoms with Crippen molar-refractivity contribution in [1.82, 2.24) is 4.90 Å². The molecule has 3 rings (SSSR count). The molecule has 1 saturated heterocycles. The fraction of sp³-hybridized carbons (Fsp3) is 0.261. The molecule has 0 bridgehead atoms. The van der Waals surface area contributed by atoms with Crippen LogP contribution in [0.5, 0.6) is 0 Å². The monoisotopic (exact) mass is 469 g/mol. The fourth-order valence-electron chi connectivity index (χ4n) is 3.13. The lowest BCUT2D eigenvalue weighted by Crippen LogP contribution is -2.29. The number of amides is 2. The van der Waals surface area contributed by atoms with Gasteiger partial charge in [0, 0.05) is 30.8 Å². The highest BCUT2D eigenvalue weighted by Gasteiger charge is 2.31. The van der Waals surface area contributed by atoms with Crippen molar-refractivity contribution in [3.05, 3.63) is 74.7 Å². The van der Waals surface area contributed by atoms with E-state index < -0.39 is 4.92 Å². The number of thiocarbonyl (C=S) groups is 1. The largest absolute Gasteiger partial charge is 0.326 e. The summed E-state index contributed by atoms with van der Waals surface area (Å²) in [7, 11) is 0. The van der Waals surface area contributed by atoms with Crippen molar-refractivity contribution in [3.8, 4) is 0 Å². The summed E-state index contributed by atoms with van der Waals surface area (Å²) in [4.78, 5) is 37.1. The Morgan fingerprint density at radius 3 is 2.47 bits per heavy atom. The van der Waals surface area contributed by atoms with Gasteiger partial charge in [-0.05, 0) is 55.7 Å². The van der Waals surface area contributed by atoms with Crippen LogP contribution in [-0.2, 0) is 9.59 Å². The Hall–Kier alpha value is -3.04. The number of nitro benzene ring substituents is 1. The minimum atomic E-state index is -0.463. The Balaban J connectivity index is 1.43. The zero-order chi connectivity index (χ0) is 23.1. The zero-order valence-electron chi connectivity index (χ0n) is 17.6. The van der Waals surface area contributed by atoms with E-state index in [0.29, 0.717) is 27.8 Å². The first-order valence-corrected chi connectivity index (χ1v) is 11.4. The van der Waals surface area contributed by atoms with Gasteiger partial charge in [0.15, 0.2) is 0 Å². The van der Waals surface area contributed by atoms with E-state index in [4.69, 9.17) is 12.2 Å². The number of unbranched alkanes of at least 4 members (excludes halogenated alkanes) is 2. The van der Waals surface area contributed by atoms with Gasteiger partial charge in [-0.3, -0.25) is 24.6 Å². The lowest BCUT2D eigenvalue weighted by atomic mass is 10.1. The lowest BCUT2D eigenvalue weighted by molar-refractivity contribution is -0.384. The van der Waals surface area contributed by atoms with Crippen molar-refractivity contribution >= 4 is 57.6 Å². The highest BCUT2D eigenvalue weighted by molar-refractivity contribution is 8.26. The highest BCUT2D eigenvalue weighted by Crippen LogP contribution is 2.33. The molecule has 0 aliphatic carbocycles. The van der Waals surface area contributed by atoms with Crippen LogP contribution in [0.15, 0.2) is 53.4 Å². The molecule has 2 aromatic carbocycles. The first-order valence-electron chi connectivity index (χ1n) is 10.2. The van der Waals surface area contributed by atoms with Crippen LogP contribution < -0.4 is 5.32 Å². The Kier molecular flexibility index (Phi) is 8.13. The topological polar surface area (TPSA) is 92.6 Å². The third-order valence-corrected chi connectivity index (χ3v) is 6.27. The predicted molar refractivity (Wildman–Crippen MR) is 131 cm³/mol. The third kappa shape index (κ3) is 6.48. The van der Waals surface area contributed by atoms with Crippen LogP contribution in [0.25, 0.3) is 6.08 Å². The summed E-state index contributed by atoms with van der Waals surface area (Å²) >= 11 is 6.57. The quantitative estimate of drug-likeness (QED) is 0.176. The summed E-state index contributed by atoms with van der Waals surface area (Å²) in [5.41, 5.74) is 2.64. The number of anilines is 1. The molecule has 166 valence electrons. The summed E-state index contributed by atoms with van der Waals surface area (Å²) in [6.07, 6.45) is 4.39. The maximum atomic E-state index is 12.7. The van der Waals surface area contributed by atoms with E-state index in [1.54, 1.807) is 23.1 Å². The van der Waals surface area contributed by atoms with E-state index in [9.17, 15) is 19.7 Å². The predicted octanol–water partition coefficient (Wildman–Crippen LogP) is 5.30. The van der Waals surface area contributed by atoms with Crippen molar-refractivity contribution < 1.29 is 14.5 Å². The minimum absolute atomic E-state index is 0.00208. The van der Waals surface area contributed by atoms with Gasteiger partial charge < -0.3 is 5.32 Å². The molecule has 1 heterocycles. The van der Waals surface area contributed by atoms with Crippen molar-refractivity contribution in [1.29, 1.82) is 0 Å². The Morgan fingerprint density at radius 2 is 1.81 bits per heavy atom. The molecule has 1 aliphatic rings. The molecule has 32 heavy (non-hydrogen) atoms. The summed E-state index contributed by atoms with van der Waals surface area (Å²) in [6.45, 7) is 2.50. The van der Waals surface area contributed by atoms with Gasteiger partial charge in [-0.15, -0.1) is 0 Å². The molecule has 1 N–H and O–H groups in total. The van der Waals surface area contributed by atoms with Crippen LogP contribution in [0.2, 0.25) is 0 Å². The number of non-ortho nitro benzene ring substituents is 1. The standard InChI is InChI=1S/C23H23N3O4S2/c1-16-6-10-18(11-7-16)24-21(27)5-3-2-4-14-25-22(28)20(32-23(25)31)15-17-8-12-19(13-9-17)26(29)30/h6-13,15H,2-5,14H2,1H3,(H,24,27)/b20-15-. The van der Waals surface area contributed by atoms with Crippen molar-refractivity contribution in [2.75, 3.05) is 11.9 Å². The second-order valence-corrected chi connectivity index (χ2v) is 9.08. The molecule has 0 aromatic heterocycles. The van der Waals surface area contributed by atoms with E-state index in [1.165, 1.54) is 23.9 Å². The first kappa shape index (κ1) is 23.6. The molecule has 0 unspecified atom stereocenters. The number of nitro groups is 1. The van der Waals surface area contributed by atoms with Gasteiger partial charge in [-0.25, -0.2) is 0 Å². The number of aryl methyl sites for hydroxylation is 1. The van der Waals surface area contributed by atoms with E-state index in [-0.39, 0.29) is 17.5 Å². The smallest absolute Gasteiger partial charge is 0.269 e. The van der Waals surface area contributed by atoms with Crippen LogP contribution in [0.3, 0.4) is 0 Å². The third-order valence-electron chi connectivity index (χ3n) is 4.90. The van der Waals surface area contributed by atoms with Gasteiger partial charge >= 0.3 is 0 Å². The van der Waals surface area contributed by atoms with Crippen molar-refractivity contribution in [3.63, 3.8) is 0 Å². The van der Waals surface area contributed by atoms with Crippen LogP contribution in [0.4, 0.5) is 11.4 Å². The van der Waals surface area contributed by atoms with Crippen LogP contribution >= 0.6 is 24.0 Å². The summed E-state index contributed by atoms with van der Waals surface area (Å²) < 4.78 is 0.500. The van der Waals surface area contributed by atoms with Gasteiger partial charge in [-0.2, -0.15) is 0 Å². The number of hydrogen-bond acceptors (Lipinski definition) is 6. The Labute approximate surface area is 196 Å². The molecular weight excluding hydrogens is 446 g/mol. The van der Waals surface area contributed by atoms with Crippen molar-refractivity contribution in [2.45, 2.75) is 32.6 Å². The number of nitrogens with zero attached hydrogens (tertiary/aromatic N) is 2. The number of hydrogen-bond donors (Lipinski definition) is 1. The maximum absolute atomic E-state index is 12.7. The fourth-order valence-corrected chi connectivity index (χ4v) is 4.44. The van der Waals surface area contributed by atoms with Crippen molar-refractivity contribution in [2.24, 2.45) is 0 Å². The van der Waals surface area contributed by atoms with Gasteiger partial charge in [0.1, 0.15) is 4.32 Å². The summed E-state index contributed by atoms with van der Waals surface area (Å²) in [5, 5.41) is 13.6. The van der Waals surface area contributed by atoms with E-state index in [2.05, 4.69) is 5.32 Å². The molecule has 9 heteroatoms. The molecule has 1 aliphatic heterocycles. The van der Waals surface area contributed by atoms with Gasteiger partial charge in [0.25, 0.3) is 11.6 Å². The number of benzene rings is 2. The van der Waals surface area contributed by atoms with E-state index in [1.807, 2.05) is 31.2 Å². The van der Waals surface area contributed by atoms with Crippen LogP contribution in [-0.4, -0.2) is 32.5 Å². The summed E-state index contributed by atoms with van der Waals surface area (Å²) in [6, 6.07) is 13.7. The lowest BCUT2D eigenvalue weighted by Gasteiger charge is -2.14. The van der Waals surface area contributed by atoms with Gasteiger partial charge in [-0.1, -0.05) is 48.1 Å². The normalized spacial score (nSPS) is 14.8. The van der Waals surface area contributed by atoms with E-state index >= 15 is 0 Å². The highest BCUT2D eigenvalue weighted by atomic mass is 32.2. The number of nitrogens with one attached hydrogen (secondary N) is 1. The Bertz CT molecular complexity index is 1050. The molecule has 1 fully saturated rings. The average molecular weight is 470 g/mol. The Morgan fingerprint density at radius 1 is 1.12 bits per heavy atom. The van der Waals surface area contributed by atoms with Gasteiger partial charge in [0.05, 0.1) is 9.83 Å². The molecule has 2 amide bonds. The molecule has 0 spiro atoms. The molecule has 0 saturated carbocycles. The van der Waals surface area contributed by atoms with Gasteiger partial charge in [0.2, 0.25) is 5.91 Å². The average Bonchev–Trinajstić information content (AvgIpc) is 3.02. The zero-order valence-corrected chi connectivity index (χ0v) is 19.2. The number of carbonyl (C=O) groups is 2. The maximum Gasteiger partial charge on any atom is 0.269 e. The minimum Gasteiger partial charge on any atom is -0.326 e. The van der Waals surface area contributed by atoms with Crippen LogP contribution in [0.1, 0.15) is 36.8 Å². The second kappa shape index (κ2) is 11.0. The number of thioether (sulfide) groups is 1. The SMILES string of the molecule is Cc1ccc(NC(=O)CCCCCN2C(=O)/C(=C/c3ccc([N+](=O)[O-])cc3)SC2=S)cc1. The molecule has 0 atom stereocenters. The number of rotatable bonds is 9. The van der Waals surface area contributed by atoms with E-state index in [0.717, 1.165) is 30.5 Å². The molecular formula is C23H23N3O4S2. The molecule has 2 aromatic rings. The molecule has 0 radical (unpaired) electrons. The first-order chi connectivity index (χ1) is 15.3. The number of carbonyl (C=O) groups excluding carboxylic acids is 2. The van der Waals surface area contributed by atoms with Crippen LogP contribution in [0, 0.1) is 17.0 Å². The second-order valence-electron chi connectivity index (χ2n) is 7.41.